The van der Waals surface area contributed by atoms with Gasteiger partial charge >= 0.3 is 0 Å². The highest BCUT2D eigenvalue weighted by molar-refractivity contribution is 6.13. The van der Waals surface area contributed by atoms with Crippen LogP contribution in [0, 0.1) is 21.6 Å². The smallest absolute Gasteiger partial charge is 0.135 e. The number of hydrogen-bond acceptors (Lipinski definition) is 5. The van der Waals surface area contributed by atoms with Crippen molar-refractivity contribution in [2.45, 2.75) is 39.8 Å². The van der Waals surface area contributed by atoms with Crippen molar-refractivity contribution in [2.24, 2.45) is 11.5 Å². The van der Waals surface area contributed by atoms with Crippen LogP contribution in [0.3, 0.4) is 0 Å². The number of furan rings is 1. The molecule has 9 heteroatoms. The molecule has 0 bridgehead atoms. The van der Waals surface area contributed by atoms with E-state index >= 15 is 0 Å². The van der Waals surface area contributed by atoms with Crippen molar-refractivity contribution in [3.8, 4) is 22.6 Å². The van der Waals surface area contributed by atoms with Gasteiger partial charge in [0, 0.05) is 45.5 Å². The van der Waals surface area contributed by atoms with Crippen molar-refractivity contribution in [3.05, 3.63) is 70.8 Å². The van der Waals surface area contributed by atoms with Gasteiger partial charge in [0.2, 0.25) is 0 Å². The van der Waals surface area contributed by atoms with Crippen molar-refractivity contribution < 1.29 is 4.42 Å². The summed E-state index contributed by atoms with van der Waals surface area (Å²) in [6, 6.07) is 14.2. The van der Waals surface area contributed by atoms with Gasteiger partial charge in [0.1, 0.15) is 34.9 Å². The third-order valence-corrected chi connectivity index (χ3v) is 5.21. The Kier molecular flexibility index (Phi) is 7.39. The van der Waals surface area contributed by atoms with Gasteiger partial charge in [0.15, 0.2) is 0 Å². The van der Waals surface area contributed by atoms with Gasteiger partial charge in [-0.15, -0.1) is 0 Å². The largest absolute Gasteiger partial charge is 0.456 e. The minimum atomic E-state index is -0.177. The number of nitrogens with two attached hydrogens (primary N) is 2. The topological polar surface area (TPSA) is 185 Å². The summed E-state index contributed by atoms with van der Waals surface area (Å²) in [4.78, 5) is 0. The van der Waals surface area contributed by atoms with E-state index in [0.29, 0.717) is 44.9 Å². The molecule has 35 heavy (non-hydrogen) atoms. The fraction of sp³-hybridized carbons (Fsp3) is 0.231. The van der Waals surface area contributed by atoms with Crippen LogP contribution in [0.2, 0.25) is 0 Å². The van der Waals surface area contributed by atoms with Gasteiger partial charge in [-0.25, -0.2) is 0 Å². The first-order chi connectivity index (χ1) is 16.5. The minimum absolute atomic E-state index is 0.0439. The number of nitrogen functional groups attached to an aromatic ring is 2. The second-order valence-electron chi connectivity index (χ2n) is 8.80. The first-order valence-electron chi connectivity index (χ1n) is 11.3. The number of rotatable bonds is 8. The molecule has 0 unspecified atom stereocenters. The Balaban J connectivity index is 2.13. The van der Waals surface area contributed by atoms with E-state index < -0.39 is 0 Å². The molecule has 0 spiro atoms. The molecule has 3 aromatic rings. The molecule has 0 radical (unpaired) electrons. The summed E-state index contributed by atoms with van der Waals surface area (Å²) in [6.45, 7) is 7.73. The maximum absolute atomic E-state index is 8.42. The monoisotopic (exact) mass is 472 g/mol. The molecule has 0 aliphatic heterocycles. The normalized spacial score (nSPS) is 10.9. The van der Waals surface area contributed by atoms with Gasteiger partial charge in [-0.2, -0.15) is 0 Å². The summed E-state index contributed by atoms with van der Waals surface area (Å²) in [6.07, 6.45) is 0. The Bertz CT molecular complexity index is 1200. The molecule has 0 aliphatic carbocycles. The van der Waals surface area contributed by atoms with Crippen LogP contribution in [-0.4, -0.2) is 35.4 Å². The SMILES string of the molecule is CC(C)NC(=N)c1cccc(-c2ccc(-c3cccc(C(=N)NC(C)C)c3C(=N)N)o2)c1C(=N)N. The zero-order chi connectivity index (χ0) is 25.9. The third kappa shape index (κ3) is 5.40. The fourth-order valence-electron chi connectivity index (χ4n) is 3.87. The van der Waals surface area contributed by atoms with E-state index in [1.807, 2.05) is 27.7 Å². The highest BCUT2D eigenvalue weighted by Crippen LogP contribution is 2.34. The highest BCUT2D eigenvalue weighted by Gasteiger charge is 2.21. The molecule has 1 aromatic heterocycles. The van der Waals surface area contributed by atoms with E-state index in [-0.39, 0.29) is 35.4 Å². The Hall–Kier alpha value is -4.40. The van der Waals surface area contributed by atoms with Gasteiger partial charge < -0.3 is 26.5 Å². The van der Waals surface area contributed by atoms with Crippen molar-refractivity contribution >= 4 is 23.3 Å². The molecular weight excluding hydrogens is 440 g/mol. The maximum atomic E-state index is 8.42. The molecule has 182 valence electrons. The number of benzene rings is 2. The van der Waals surface area contributed by atoms with E-state index in [9.17, 15) is 0 Å². The molecule has 0 aliphatic rings. The van der Waals surface area contributed by atoms with Crippen LogP contribution in [0.15, 0.2) is 52.9 Å². The average molecular weight is 473 g/mol. The van der Waals surface area contributed by atoms with Crippen LogP contribution in [-0.2, 0) is 0 Å². The van der Waals surface area contributed by atoms with Crippen LogP contribution in [0.5, 0.6) is 0 Å². The Labute approximate surface area is 205 Å². The molecule has 1 heterocycles. The number of amidine groups is 4. The lowest BCUT2D eigenvalue weighted by atomic mass is 9.97. The van der Waals surface area contributed by atoms with Gasteiger partial charge in [-0.1, -0.05) is 36.4 Å². The summed E-state index contributed by atoms with van der Waals surface area (Å²) in [5.41, 5.74) is 14.8. The van der Waals surface area contributed by atoms with E-state index in [1.165, 1.54) is 0 Å². The lowest BCUT2D eigenvalue weighted by Crippen LogP contribution is -2.32. The second kappa shape index (κ2) is 10.3. The highest BCUT2D eigenvalue weighted by atomic mass is 16.3. The molecule has 0 saturated heterocycles. The van der Waals surface area contributed by atoms with Crippen molar-refractivity contribution in [2.75, 3.05) is 0 Å². The molecule has 3 rings (SSSR count). The lowest BCUT2D eigenvalue weighted by Gasteiger charge is -2.17. The minimum Gasteiger partial charge on any atom is -0.456 e. The van der Waals surface area contributed by atoms with Crippen LogP contribution >= 0.6 is 0 Å². The van der Waals surface area contributed by atoms with Gasteiger partial charge in [0.25, 0.3) is 0 Å². The van der Waals surface area contributed by atoms with E-state index in [2.05, 4.69) is 10.6 Å². The summed E-state index contributed by atoms with van der Waals surface area (Å²) in [5, 5.41) is 39.3. The van der Waals surface area contributed by atoms with Crippen molar-refractivity contribution in [1.29, 1.82) is 21.6 Å². The maximum Gasteiger partial charge on any atom is 0.135 e. The standard InChI is InChI=1S/C26H32N8O/c1-13(2)33-25(31)17-9-5-7-15(21(17)23(27)28)19-11-12-20(35-19)16-8-6-10-18(22(16)24(29)30)26(32)34-14(3)4/h5-14H,1-4H3,(H3,27,28)(H3,29,30)(H2,31,33)(H2,32,34). The predicted molar refractivity (Wildman–Crippen MR) is 142 cm³/mol. The molecule has 0 fully saturated rings. The summed E-state index contributed by atoms with van der Waals surface area (Å²) in [5.74, 6) is 0.898. The quantitative estimate of drug-likeness (QED) is 0.183. The Morgan fingerprint density at radius 3 is 1.34 bits per heavy atom. The number of nitrogens with one attached hydrogen (secondary N) is 6. The lowest BCUT2D eigenvalue weighted by molar-refractivity contribution is 0.597. The summed E-state index contributed by atoms with van der Waals surface area (Å²) < 4.78 is 6.18. The number of hydrogen-bond donors (Lipinski definition) is 8. The van der Waals surface area contributed by atoms with E-state index in [4.69, 9.17) is 37.5 Å². The predicted octanol–water partition coefficient (Wildman–Crippen LogP) is 3.83. The Morgan fingerprint density at radius 1 is 0.657 bits per heavy atom. The first-order valence-corrected chi connectivity index (χ1v) is 11.3. The molecule has 0 saturated carbocycles. The first kappa shape index (κ1) is 25.2. The fourth-order valence-corrected chi connectivity index (χ4v) is 3.87. The average Bonchev–Trinajstić information content (AvgIpc) is 3.27. The molecule has 9 nitrogen and oxygen atoms in total. The molecule has 0 amide bonds. The third-order valence-electron chi connectivity index (χ3n) is 5.21. The van der Waals surface area contributed by atoms with Gasteiger partial charge in [-0.05, 0) is 39.8 Å². The van der Waals surface area contributed by atoms with Gasteiger partial charge in [-0.3, -0.25) is 21.6 Å². The van der Waals surface area contributed by atoms with Crippen molar-refractivity contribution in [3.63, 3.8) is 0 Å². The molecular formula is C26H32N8O. The zero-order valence-corrected chi connectivity index (χ0v) is 20.3. The van der Waals surface area contributed by atoms with Crippen LogP contribution in [0.25, 0.3) is 22.6 Å². The van der Waals surface area contributed by atoms with Crippen LogP contribution < -0.4 is 22.1 Å². The summed E-state index contributed by atoms with van der Waals surface area (Å²) >= 11 is 0. The van der Waals surface area contributed by atoms with Crippen molar-refractivity contribution in [1.82, 2.24) is 10.6 Å². The van der Waals surface area contributed by atoms with Crippen LogP contribution in [0.4, 0.5) is 0 Å². The van der Waals surface area contributed by atoms with E-state index in [0.717, 1.165) is 0 Å². The second-order valence-corrected chi connectivity index (χ2v) is 8.80. The van der Waals surface area contributed by atoms with E-state index in [1.54, 1.807) is 48.5 Å². The molecule has 0 atom stereocenters. The van der Waals surface area contributed by atoms with Gasteiger partial charge in [0.05, 0.1) is 0 Å². The molecule has 2 aromatic carbocycles. The Morgan fingerprint density at radius 2 is 1.03 bits per heavy atom. The molecule has 10 N–H and O–H groups in total. The zero-order valence-electron chi connectivity index (χ0n) is 20.3. The van der Waals surface area contributed by atoms with Crippen LogP contribution in [0.1, 0.15) is 49.9 Å². The summed E-state index contributed by atoms with van der Waals surface area (Å²) in [7, 11) is 0.